The summed E-state index contributed by atoms with van der Waals surface area (Å²) in [5, 5.41) is 0. The third-order valence-electron chi connectivity index (χ3n) is 2.62. The highest BCUT2D eigenvalue weighted by atomic mass is 16.1. The third-order valence-corrected chi connectivity index (χ3v) is 2.62. The first-order valence-corrected chi connectivity index (χ1v) is 4.87. The standard InChI is InChI=1S/C12H17NO/c1-8-6-11(12(14)4-5-13)7-9(2)10(8)3/h6-7H,4-5,13H2,1-3H3. The number of carbonyl (C=O) groups excluding carboxylic acids is 1. The minimum Gasteiger partial charge on any atom is -0.330 e. The summed E-state index contributed by atoms with van der Waals surface area (Å²) in [5.74, 6) is 0.138. The van der Waals surface area contributed by atoms with Crippen molar-refractivity contribution < 1.29 is 4.79 Å². The molecule has 14 heavy (non-hydrogen) atoms. The van der Waals surface area contributed by atoms with Crippen molar-refractivity contribution in [3.05, 3.63) is 34.4 Å². The Hall–Kier alpha value is -1.15. The minimum atomic E-state index is 0.138. The molecule has 1 rings (SSSR count). The molecule has 0 amide bonds. The first-order valence-electron chi connectivity index (χ1n) is 4.87. The van der Waals surface area contributed by atoms with Gasteiger partial charge in [0, 0.05) is 12.0 Å². The number of nitrogens with two attached hydrogens (primary N) is 1. The van der Waals surface area contributed by atoms with Gasteiger partial charge in [0.25, 0.3) is 0 Å². The van der Waals surface area contributed by atoms with Crippen molar-refractivity contribution in [2.24, 2.45) is 5.73 Å². The van der Waals surface area contributed by atoms with Crippen LogP contribution in [0.25, 0.3) is 0 Å². The molecule has 0 aliphatic heterocycles. The zero-order valence-electron chi connectivity index (χ0n) is 9.05. The number of hydrogen-bond acceptors (Lipinski definition) is 2. The molecule has 0 heterocycles. The predicted molar refractivity (Wildman–Crippen MR) is 58.7 cm³/mol. The average molecular weight is 191 g/mol. The second kappa shape index (κ2) is 4.38. The molecule has 0 aromatic heterocycles. The molecule has 1 aromatic rings. The Bertz CT molecular complexity index is 332. The summed E-state index contributed by atoms with van der Waals surface area (Å²) in [5.41, 5.74) is 9.74. The molecule has 0 unspecified atom stereocenters. The summed E-state index contributed by atoms with van der Waals surface area (Å²) in [6.45, 7) is 6.55. The van der Waals surface area contributed by atoms with E-state index in [0.717, 1.165) is 5.56 Å². The van der Waals surface area contributed by atoms with Crippen molar-refractivity contribution in [2.45, 2.75) is 27.2 Å². The molecule has 0 aliphatic carbocycles. The number of ketones is 1. The molecule has 0 fully saturated rings. The van der Waals surface area contributed by atoms with Crippen molar-refractivity contribution >= 4 is 5.78 Å². The van der Waals surface area contributed by atoms with Crippen LogP contribution >= 0.6 is 0 Å². The molecule has 0 bridgehead atoms. The van der Waals surface area contributed by atoms with Crippen LogP contribution in [0, 0.1) is 20.8 Å². The van der Waals surface area contributed by atoms with Crippen molar-refractivity contribution in [1.29, 1.82) is 0 Å². The predicted octanol–water partition coefficient (Wildman–Crippen LogP) is 2.14. The van der Waals surface area contributed by atoms with Gasteiger partial charge in [-0.3, -0.25) is 4.79 Å². The molecule has 2 N–H and O–H groups in total. The summed E-state index contributed by atoms with van der Waals surface area (Å²) in [4.78, 5) is 11.6. The second-order valence-corrected chi connectivity index (χ2v) is 3.70. The Kier molecular flexibility index (Phi) is 3.42. The average Bonchev–Trinajstić information content (AvgIpc) is 2.13. The van der Waals surface area contributed by atoms with E-state index in [1.807, 2.05) is 26.0 Å². The number of aryl methyl sites for hydroxylation is 2. The molecule has 0 spiro atoms. The Balaban J connectivity index is 3.06. The van der Waals surface area contributed by atoms with Gasteiger partial charge in [0.15, 0.2) is 5.78 Å². The molecule has 76 valence electrons. The van der Waals surface area contributed by atoms with E-state index >= 15 is 0 Å². The van der Waals surface area contributed by atoms with Crippen molar-refractivity contribution in [1.82, 2.24) is 0 Å². The Morgan fingerprint density at radius 2 is 1.71 bits per heavy atom. The fraction of sp³-hybridized carbons (Fsp3) is 0.417. The summed E-state index contributed by atoms with van der Waals surface area (Å²) in [6, 6.07) is 3.89. The van der Waals surface area contributed by atoms with Gasteiger partial charge >= 0.3 is 0 Å². The minimum absolute atomic E-state index is 0.138. The van der Waals surface area contributed by atoms with Gasteiger partial charge in [-0.25, -0.2) is 0 Å². The van der Waals surface area contributed by atoms with Crippen LogP contribution in [0.3, 0.4) is 0 Å². The van der Waals surface area contributed by atoms with Crippen LogP contribution in [0.4, 0.5) is 0 Å². The molecule has 0 saturated heterocycles. The molecule has 0 radical (unpaired) electrons. The van der Waals surface area contributed by atoms with Gasteiger partial charge < -0.3 is 5.73 Å². The molecule has 1 aromatic carbocycles. The van der Waals surface area contributed by atoms with E-state index < -0.39 is 0 Å². The lowest BCUT2D eigenvalue weighted by atomic mass is 9.98. The Morgan fingerprint density at radius 1 is 1.21 bits per heavy atom. The van der Waals surface area contributed by atoms with Crippen LogP contribution in [0.1, 0.15) is 33.5 Å². The fourth-order valence-corrected chi connectivity index (χ4v) is 1.47. The summed E-state index contributed by atoms with van der Waals surface area (Å²) in [7, 11) is 0. The number of hydrogen-bond donors (Lipinski definition) is 1. The second-order valence-electron chi connectivity index (χ2n) is 3.70. The number of carbonyl (C=O) groups is 1. The van der Waals surface area contributed by atoms with Gasteiger partial charge in [-0.2, -0.15) is 0 Å². The van der Waals surface area contributed by atoms with E-state index in [2.05, 4.69) is 6.92 Å². The molecule has 2 nitrogen and oxygen atoms in total. The maximum atomic E-state index is 11.6. The van der Waals surface area contributed by atoms with Gasteiger partial charge in [0.1, 0.15) is 0 Å². The fourth-order valence-electron chi connectivity index (χ4n) is 1.47. The lowest BCUT2D eigenvalue weighted by Gasteiger charge is -2.07. The van der Waals surface area contributed by atoms with Gasteiger partial charge in [-0.1, -0.05) is 0 Å². The quantitative estimate of drug-likeness (QED) is 0.744. The van der Waals surface area contributed by atoms with Crippen LogP contribution in [0.2, 0.25) is 0 Å². The normalized spacial score (nSPS) is 10.3. The third kappa shape index (κ3) is 2.20. The highest BCUT2D eigenvalue weighted by Crippen LogP contribution is 2.16. The van der Waals surface area contributed by atoms with E-state index in [0.29, 0.717) is 13.0 Å². The zero-order chi connectivity index (χ0) is 10.7. The topological polar surface area (TPSA) is 43.1 Å². The molecule has 0 atom stereocenters. The Labute approximate surface area is 85.1 Å². The van der Waals surface area contributed by atoms with Crippen molar-refractivity contribution in [3.63, 3.8) is 0 Å². The van der Waals surface area contributed by atoms with E-state index in [9.17, 15) is 4.79 Å². The monoisotopic (exact) mass is 191 g/mol. The summed E-state index contributed by atoms with van der Waals surface area (Å²) in [6.07, 6.45) is 0.432. The molecule has 2 heteroatoms. The largest absolute Gasteiger partial charge is 0.330 e. The number of rotatable bonds is 3. The zero-order valence-corrected chi connectivity index (χ0v) is 9.05. The van der Waals surface area contributed by atoms with Crippen LogP contribution in [0.15, 0.2) is 12.1 Å². The SMILES string of the molecule is Cc1cc(C(=O)CCN)cc(C)c1C. The van der Waals surface area contributed by atoms with Crippen LogP contribution in [-0.2, 0) is 0 Å². The van der Waals surface area contributed by atoms with Gasteiger partial charge in [0.05, 0.1) is 0 Å². The van der Waals surface area contributed by atoms with Gasteiger partial charge in [0.2, 0.25) is 0 Å². The maximum absolute atomic E-state index is 11.6. The van der Waals surface area contributed by atoms with Crippen LogP contribution < -0.4 is 5.73 Å². The molecular formula is C12H17NO. The molecule has 0 aliphatic rings. The lowest BCUT2D eigenvalue weighted by molar-refractivity contribution is 0.0985. The lowest BCUT2D eigenvalue weighted by Crippen LogP contribution is -2.08. The van der Waals surface area contributed by atoms with Crippen molar-refractivity contribution in [3.8, 4) is 0 Å². The van der Waals surface area contributed by atoms with E-state index in [-0.39, 0.29) is 5.78 Å². The number of Topliss-reactive ketones (excluding diaryl/α,β-unsaturated/α-hetero) is 1. The van der Waals surface area contributed by atoms with E-state index in [4.69, 9.17) is 5.73 Å². The maximum Gasteiger partial charge on any atom is 0.164 e. The van der Waals surface area contributed by atoms with Gasteiger partial charge in [-0.05, 0) is 56.1 Å². The molecular weight excluding hydrogens is 174 g/mol. The highest BCUT2D eigenvalue weighted by molar-refractivity contribution is 5.96. The summed E-state index contributed by atoms with van der Waals surface area (Å²) >= 11 is 0. The van der Waals surface area contributed by atoms with Crippen LogP contribution in [-0.4, -0.2) is 12.3 Å². The first-order chi connectivity index (χ1) is 6.56. The van der Waals surface area contributed by atoms with Gasteiger partial charge in [-0.15, -0.1) is 0 Å². The first kappa shape index (κ1) is 10.9. The molecule has 0 saturated carbocycles. The Morgan fingerprint density at radius 3 is 2.14 bits per heavy atom. The summed E-state index contributed by atoms with van der Waals surface area (Å²) < 4.78 is 0. The van der Waals surface area contributed by atoms with Crippen LogP contribution in [0.5, 0.6) is 0 Å². The number of benzene rings is 1. The van der Waals surface area contributed by atoms with E-state index in [1.165, 1.54) is 16.7 Å². The highest BCUT2D eigenvalue weighted by Gasteiger charge is 2.07. The van der Waals surface area contributed by atoms with Crippen molar-refractivity contribution in [2.75, 3.05) is 6.54 Å². The van der Waals surface area contributed by atoms with E-state index in [1.54, 1.807) is 0 Å². The smallest absolute Gasteiger partial charge is 0.164 e.